The molecule has 0 saturated heterocycles. The van der Waals surface area contributed by atoms with E-state index in [-0.39, 0.29) is 6.61 Å². The molecule has 10 heteroatoms. The monoisotopic (exact) mass is 329 g/mol. The summed E-state index contributed by atoms with van der Waals surface area (Å²) in [6.07, 6.45) is 1.31. The molecule has 6 nitrogen and oxygen atoms in total. The van der Waals surface area contributed by atoms with Crippen molar-refractivity contribution >= 4 is 37.0 Å². The summed E-state index contributed by atoms with van der Waals surface area (Å²) in [5.74, 6) is -1.67. The third-order valence-electron chi connectivity index (χ3n) is 1.90. The largest absolute Gasteiger partial charge is 0.482 e. The van der Waals surface area contributed by atoms with Gasteiger partial charge in [0.25, 0.3) is 9.05 Å². The standard InChI is InChI=1S/C9H6Cl2FNO5S/c10-2-1-3-18-8-4-6(12)9(19(11,16)17)5-7(8)13(14)15/h1-2,4-5H,3H2/b2-1+. The average Bonchev–Trinajstić information content (AvgIpc) is 2.27. The van der Waals surface area contributed by atoms with Crippen LogP contribution in [0, 0.1) is 15.9 Å². The van der Waals surface area contributed by atoms with Crippen LogP contribution < -0.4 is 4.74 Å². The molecule has 0 N–H and O–H groups in total. The van der Waals surface area contributed by atoms with E-state index in [1.165, 1.54) is 6.08 Å². The molecule has 0 aromatic heterocycles. The summed E-state index contributed by atoms with van der Waals surface area (Å²) in [4.78, 5) is 8.87. The SMILES string of the molecule is O=[N+]([O-])c1cc(S(=O)(=O)Cl)c(F)cc1OC/C=C/Cl. The molecule has 0 atom stereocenters. The Kier molecular flexibility index (Phi) is 5.10. The highest BCUT2D eigenvalue weighted by Crippen LogP contribution is 2.33. The maximum atomic E-state index is 13.5. The van der Waals surface area contributed by atoms with Gasteiger partial charge in [-0.25, -0.2) is 12.8 Å². The van der Waals surface area contributed by atoms with Crippen molar-refractivity contribution in [3.05, 3.63) is 39.7 Å². The van der Waals surface area contributed by atoms with Crippen LogP contribution in [0.1, 0.15) is 0 Å². The molecule has 0 bridgehead atoms. The van der Waals surface area contributed by atoms with Gasteiger partial charge < -0.3 is 4.74 Å². The fourth-order valence-corrected chi connectivity index (χ4v) is 2.12. The first kappa shape index (κ1) is 15.7. The first-order chi connectivity index (χ1) is 8.77. The topological polar surface area (TPSA) is 86.5 Å². The van der Waals surface area contributed by atoms with Crippen molar-refractivity contribution in [1.82, 2.24) is 0 Å². The van der Waals surface area contributed by atoms with Crippen LogP contribution in [-0.2, 0) is 9.05 Å². The molecule has 0 aliphatic carbocycles. The molecule has 19 heavy (non-hydrogen) atoms. The molecule has 1 aromatic rings. The smallest absolute Gasteiger partial charge is 0.312 e. The van der Waals surface area contributed by atoms with Gasteiger partial charge in [0.1, 0.15) is 17.3 Å². The summed E-state index contributed by atoms with van der Waals surface area (Å²) in [5, 5.41) is 10.8. The highest BCUT2D eigenvalue weighted by atomic mass is 35.7. The number of hydrogen-bond donors (Lipinski definition) is 0. The van der Waals surface area contributed by atoms with Crippen molar-refractivity contribution < 1.29 is 22.5 Å². The summed E-state index contributed by atoms with van der Waals surface area (Å²) in [6.45, 7) is -0.142. The van der Waals surface area contributed by atoms with E-state index in [2.05, 4.69) is 0 Å². The minimum atomic E-state index is -4.43. The van der Waals surface area contributed by atoms with Crippen molar-refractivity contribution in [1.29, 1.82) is 0 Å². The van der Waals surface area contributed by atoms with Gasteiger partial charge in [-0.2, -0.15) is 0 Å². The number of halogens is 3. The fourth-order valence-electron chi connectivity index (χ4n) is 1.14. The second-order valence-electron chi connectivity index (χ2n) is 3.12. The zero-order valence-corrected chi connectivity index (χ0v) is 11.4. The van der Waals surface area contributed by atoms with Crippen LogP contribution in [0.5, 0.6) is 5.75 Å². The third-order valence-corrected chi connectivity index (χ3v) is 3.41. The quantitative estimate of drug-likeness (QED) is 0.471. The molecule has 0 spiro atoms. The molecule has 0 heterocycles. The van der Waals surface area contributed by atoms with Crippen LogP contribution >= 0.6 is 22.3 Å². The number of hydrogen-bond acceptors (Lipinski definition) is 5. The lowest BCUT2D eigenvalue weighted by molar-refractivity contribution is -0.386. The van der Waals surface area contributed by atoms with Crippen molar-refractivity contribution in [3.63, 3.8) is 0 Å². The Morgan fingerprint density at radius 1 is 1.47 bits per heavy atom. The van der Waals surface area contributed by atoms with E-state index in [0.29, 0.717) is 12.1 Å². The Labute approximate surface area is 117 Å². The normalized spacial score (nSPS) is 11.7. The van der Waals surface area contributed by atoms with E-state index in [4.69, 9.17) is 27.0 Å². The predicted molar refractivity (Wildman–Crippen MR) is 66.6 cm³/mol. The lowest BCUT2D eigenvalue weighted by atomic mass is 10.3. The number of benzene rings is 1. The number of nitro benzene ring substituents is 1. The van der Waals surface area contributed by atoms with Gasteiger partial charge >= 0.3 is 5.69 Å². The van der Waals surface area contributed by atoms with Gasteiger partial charge in [-0.15, -0.1) is 0 Å². The van der Waals surface area contributed by atoms with Crippen LogP contribution in [0.15, 0.2) is 28.6 Å². The maximum absolute atomic E-state index is 13.5. The number of nitro groups is 1. The molecule has 0 aliphatic rings. The molecule has 1 aromatic carbocycles. The first-order valence-corrected chi connectivity index (χ1v) is 7.32. The second kappa shape index (κ2) is 6.18. The summed E-state index contributed by atoms with van der Waals surface area (Å²) in [5.41, 5.74) is 0.392. The minimum absolute atomic E-state index is 0.142. The predicted octanol–water partition coefficient (Wildman–Crippen LogP) is 2.79. The van der Waals surface area contributed by atoms with Crippen LogP contribution in [0.3, 0.4) is 0 Å². The van der Waals surface area contributed by atoms with Crippen LogP contribution in [0.4, 0.5) is 10.1 Å². The molecular formula is C9H6Cl2FNO5S. The first-order valence-electron chi connectivity index (χ1n) is 4.58. The Balaban J connectivity index is 3.33. The highest BCUT2D eigenvalue weighted by Gasteiger charge is 2.25. The molecule has 1 rings (SSSR count). The Hall–Kier alpha value is -1.38. The molecule has 0 aliphatic heterocycles. The summed E-state index contributed by atoms with van der Waals surface area (Å²) in [6, 6.07) is 1.08. The molecule has 0 amide bonds. The van der Waals surface area contributed by atoms with Gasteiger partial charge in [-0.3, -0.25) is 10.1 Å². The fraction of sp³-hybridized carbons (Fsp3) is 0.111. The average molecular weight is 330 g/mol. The number of nitrogens with zero attached hydrogens (tertiary/aromatic N) is 1. The Bertz CT molecular complexity index is 632. The molecule has 0 fully saturated rings. The Morgan fingerprint density at radius 3 is 2.58 bits per heavy atom. The van der Waals surface area contributed by atoms with Gasteiger partial charge in [0.2, 0.25) is 0 Å². The highest BCUT2D eigenvalue weighted by molar-refractivity contribution is 8.13. The minimum Gasteiger partial charge on any atom is -0.482 e. The van der Waals surface area contributed by atoms with E-state index < -0.39 is 36.1 Å². The van der Waals surface area contributed by atoms with Crippen molar-refractivity contribution in [3.8, 4) is 5.75 Å². The molecule has 0 radical (unpaired) electrons. The van der Waals surface area contributed by atoms with E-state index in [1.54, 1.807) is 0 Å². The summed E-state index contributed by atoms with van der Waals surface area (Å²) < 4.78 is 40.5. The lowest BCUT2D eigenvalue weighted by Gasteiger charge is -2.06. The third kappa shape index (κ3) is 4.05. The van der Waals surface area contributed by atoms with Gasteiger partial charge in [-0.05, 0) is 6.08 Å². The van der Waals surface area contributed by atoms with E-state index in [9.17, 15) is 22.9 Å². The zero-order valence-electron chi connectivity index (χ0n) is 9.05. The zero-order chi connectivity index (χ0) is 14.6. The summed E-state index contributed by atoms with van der Waals surface area (Å²) >= 11 is 5.22. The van der Waals surface area contributed by atoms with Crippen molar-refractivity contribution in [2.75, 3.05) is 6.61 Å². The molecular weight excluding hydrogens is 324 g/mol. The number of ether oxygens (including phenoxy) is 1. The van der Waals surface area contributed by atoms with Gasteiger partial charge in [0.15, 0.2) is 5.75 Å². The van der Waals surface area contributed by atoms with Crippen LogP contribution in [0.2, 0.25) is 0 Å². The van der Waals surface area contributed by atoms with Crippen molar-refractivity contribution in [2.24, 2.45) is 0 Å². The van der Waals surface area contributed by atoms with Crippen molar-refractivity contribution in [2.45, 2.75) is 4.90 Å². The van der Waals surface area contributed by atoms with Gasteiger partial charge in [0, 0.05) is 28.4 Å². The second-order valence-corrected chi connectivity index (χ2v) is 5.90. The van der Waals surface area contributed by atoms with E-state index >= 15 is 0 Å². The molecule has 0 saturated carbocycles. The van der Waals surface area contributed by atoms with Gasteiger partial charge in [-0.1, -0.05) is 11.6 Å². The Morgan fingerprint density at radius 2 is 2.11 bits per heavy atom. The summed E-state index contributed by atoms with van der Waals surface area (Å²) in [7, 11) is 0.531. The van der Waals surface area contributed by atoms with Crippen LogP contribution in [0.25, 0.3) is 0 Å². The lowest BCUT2D eigenvalue weighted by Crippen LogP contribution is -2.03. The van der Waals surface area contributed by atoms with Gasteiger partial charge in [0.05, 0.1) is 4.92 Å². The van der Waals surface area contributed by atoms with E-state index in [1.807, 2.05) is 0 Å². The molecule has 0 unspecified atom stereocenters. The maximum Gasteiger partial charge on any atom is 0.312 e. The van der Waals surface area contributed by atoms with Crippen LogP contribution in [-0.4, -0.2) is 19.9 Å². The molecule has 104 valence electrons. The number of rotatable bonds is 5. The van der Waals surface area contributed by atoms with E-state index in [0.717, 1.165) is 5.54 Å².